The third kappa shape index (κ3) is 3.69. The van der Waals surface area contributed by atoms with Gasteiger partial charge in [0.2, 0.25) is 0 Å². The fourth-order valence-corrected chi connectivity index (χ4v) is 3.95. The first kappa shape index (κ1) is 19.4. The molecule has 2 aliphatic rings. The molecule has 0 unspecified atom stereocenters. The van der Waals surface area contributed by atoms with Crippen molar-refractivity contribution < 1.29 is 27.8 Å². The van der Waals surface area contributed by atoms with Crippen molar-refractivity contribution in [3.05, 3.63) is 59.8 Å². The fraction of sp³-hybridized carbons (Fsp3) is 0.300. The molecule has 1 saturated carbocycles. The first-order chi connectivity index (χ1) is 13.5. The first-order valence-electron chi connectivity index (χ1n) is 9.01. The molecule has 0 bridgehead atoms. The quantitative estimate of drug-likeness (QED) is 0.537. The lowest BCUT2D eigenvalue weighted by atomic mass is 9.75. The standard InChI is InChI=1S/C18H15F2NO.C2H5O3P/c19-14-10-15-13(6-9-21-15)17(20)16(14)11-2-4-12(5-3-11)18(22)7-1-8-18;3-6-4-1-2-5-6/h2-6,9-10,21-22H,1,7-8H2;3H,1-2H2. The molecule has 0 spiro atoms. The van der Waals surface area contributed by atoms with E-state index in [1.165, 1.54) is 6.07 Å². The van der Waals surface area contributed by atoms with Gasteiger partial charge >= 0.3 is 8.60 Å². The smallest absolute Gasteiger partial charge is 0.330 e. The zero-order valence-electron chi connectivity index (χ0n) is 15.0. The first-order valence-corrected chi connectivity index (χ1v) is 10.1. The van der Waals surface area contributed by atoms with Gasteiger partial charge in [0.1, 0.15) is 11.6 Å². The Kier molecular flexibility index (Phi) is 5.45. The van der Waals surface area contributed by atoms with Crippen LogP contribution in [0.1, 0.15) is 24.8 Å². The van der Waals surface area contributed by atoms with Crippen molar-refractivity contribution in [3.63, 3.8) is 0 Å². The number of H-pyrrole nitrogens is 1. The molecular weight excluding hydrogens is 387 g/mol. The number of hydrogen-bond acceptors (Lipinski definition) is 4. The molecule has 148 valence electrons. The van der Waals surface area contributed by atoms with E-state index in [-0.39, 0.29) is 5.56 Å². The summed E-state index contributed by atoms with van der Waals surface area (Å²) >= 11 is 0. The number of fused-ring (bicyclic) bond motifs is 1. The molecule has 5 rings (SSSR count). The van der Waals surface area contributed by atoms with E-state index < -0.39 is 25.8 Å². The van der Waals surface area contributed by atoms with Gasteiger partial charge in [0, 0.05) is 11.6 Å². The third-order valence-electron chi connectivity index (χ3n) is 5.12. The molecule has 8 heteroatoms. The Morgan fingerprint density at radius 2 is 1.71 bits per heavy atom. The summed E-state index contributed by atoms with van der Waals surface area (Å²) in [6.07, 6.45) is 4.08. The zero-order chi connectivity index (χ0) is 19.7. The minimum atomic E-state index is -1.47. The molecule has 28 heavy (non-hydrogen) atoms. The summed E-state index contributed by atoms with van der Waals surface area (Å²) in [5.41, 5.74) is 0.939. The number of rotatable bonds is 2. The molecule has 3 aromatic rings. The largest absolute Gasteiger partial charge is 0.385 e. The van der Waals surface area contributed by atoms with Crippen LogP contribution in [0, 0.1) is 11.6 Å². The summed E-state index contributed by atoms with van der Waals surface area (Å²) in [5.74, 6) is -1.16. The maximum Gasteiger partial charge on any atom is 0.330 e. The van der Waals surface area contributed by atoms with Gasteiger partial charge in [-0.3, -0.25) is 0 Å². The van der Waals surface area contributed by atoms with Crippen LogP contribution in [-0.2, 0) is 14.6 Å². The molecule has 1 aliphatic heterocycles. The van der Waals surface area contributed by atoms with E-state index in [1.807, 2.05) is 0 Å². The van der Waals surface area contributed by atoms with E-state index >= 15 is 0 Å². The lowest BCUT2D eigenvalue weighted by Gasteiger charge is -2.37. The second kappa shape index (κ2) is 7.85. The monoisotopic (exact) mass is 407 g/mol. The van der Waals surface area contributed by atoms with E-state index in [0.29, 0.717) is 29.7 Å². The summed E-state index contributed by atoms with van der Waals surface area (Å²) < 4.78 is 37.9. The van der Waals surface area contributed by atoms with Crippen molar-refractivity contribution in [1.82, 2.24) is 4.98 Å². The van der Waals surface area contributed by atoms with Crippen LogP contribution in [0.3, 0.4) is 0 Å². The number of aromatic nitrogens is 1. The van der Waals surface area contributed by atoms with Gasteiger partial charge < -0.3 is 24.0 Å². The van der Waals surface area contributed by atoms with E-state index in [1.54, 1.807) is 36.5 Å². The molecular formula is C20H20F2NO4P. The maximum atomic E-state index is 14.6. The summed E-state index contributed by atoms with van der Waals surface area (Å²) in [5, 5.41) is 10.7. The lowest BCUT2D eigenvalue weighted by molar-refractivity contribution is -0.0387. The van der Waals surface area contributed by atoms with Crippen molar-refractivity contribution in [2.75, 3.05) is 13.2 Å². The van der Waals surface area contributed by atoms with Crippen molar-refractivity contribution in [1.29, 1.82) is 0 Å². The molecule has 0 amide bonds. The highest BCUT2D eigenvalue weighted by Crippen LogP contribution is 2.42. The molecule has 2 heterocycles. The van der Waals surface area contributed by atoms with E-state index in [0.717, 1.165) is 24.8 Å². The van der Waals surface area contributed by atoms with Crippen molar-refractivity contribution in [2.24, 2.45) is 0 Å². The second-order valence-corrected chi connectivity index (χ2v) is 7.85. The molecule has 2 fully saturated rings. The van der Waals surface area contributed by atoms with Gasteiger partial charge in [0.25, 0.3) is 0 Å². The van der Waals surface area contributed by atoms with E-state index in [9.17, 15) is 13.9 Å². The van der Waals surface area contributed by atoms with E-state index in [2.05, 4.69) is 14.0 Å². The Labute approximate surface area is 161 Å². The number of hydrogen-bond donors (Lipinski definition) is 3. The molecule has 2 aromatic carbocycles. The normalized spacial score (nSPS) is 18.6. The van der Waals surface area contributed by atoms with Gasteiger partial charge in [-0.25, -0.2) is 8.78 Å². The van der Waals surface area contributed by atoms with E-state index in [4.69, 9.17) is 4.89 Å². The van der Waals surface area contributed by atoms with Gasteiger partial charge in [-0.2, -0.15) is 0 Å². The Bertz CT molecular complexity index is 966. The predicted octanol–water partition coefficient (Wildman–Crippen LogP) is 4.74. The minimum absolute atomic E-state index is 0.0285. The minimum Gasteiger partial charge on any atom is -0.385 e. The Balaban J connectivity index is 0.000000275. The van der Waals surface area contributed by atoms with Crippen LogP contribution >= 0.6 is 8.60 Å². The highest BCUT2D eigenvalue weighted by atomic mass is 31.2. The average molecular weight is 407 g/mol. The topological polar surface area (TPSA) is 74.7 Å². The highest BCUT2D eigenvalue weighted by Gasteiger charge is 2.36. The fourth-order valence-electron chi connectivity index (χ4n) is 3.41. The third-order valence-corrected chi connectivity index (χ3v) is 5.93. The van der Waals surface area contributed by atoms with Crippen molar-refractivity contribution >= 4 is 19.5 Å². The van der Waals surface area contributed by atoms with Gasteiger partial charge in [-0.05, 0) is 42.5 Å². The van der Waals surface area contributed by atoms with Gasteiger partial charge in [-0.1, -0.05) is 24.3 Å². The molecule has 3 N–H and O–H groups in total. The van der Waals surface area contributed by atoms with Crippen LogP contribution in [0.15, 0.2) is 42.6 Å². The van der Waals surface area contributed by atoms with Gasteiger partial charge in [0.15, 0.2) is 0 Å². The number of benzene rings is 2. The van der Waals surface area contributed by atoms with Crippen molar-refractivity contribution in [2.45, 2.75) is 24.9 Å². The van der Waals surface area contributed by atoms with Gasteiger partial charge in [-0.15, -0.1) is 0 Å². The molecule has 1 saturated heterocycles. The Morgan fingerprint density at radius 3 is 2.25 bits per heavy atom. The second-order valence-electron chi connectivity index (χ2n) is 6.85. The number of aliphatic hydroxyl groups is 1. The van der Waals surface area contributed by atoms with Gasteiger partial charge in [0.05, 0.1) is 29.9 Å². The van der Waals surface area contributed by atoms with Crippen molar-refractivity contribution in [3.8, 4) is 11.1 Å². The van der Waals surface area contributed by atoms with Crippen LogP contribution in [0.4, 0.5) is 8.78 Å². The van der Waals surface area contributed by atoms with Crippen LogP contribution < -0.4 is 0 Å². The summed E-state index contributed by atoms with van der Waals surface area (Å²) in [6, 6.07) is 9.76. The highest BCUT2D eigenvalue weighted by molar-refractivity contribution is 7.40. The SMILES string of the molecule is OC1(c2ccc(-c3c(F)cc4[nH]ccc4c3F)cc2)CCC1.OP1OCCO1. The van der Waals surface area contributed by atoms with Crippen LogP contribution in [-0.4, -0.2) is 28.2 Å². The predicted molar refractivity (Wildman–Crippen MR) is 102 cm³/mol. The van der Waals surface area contributed by atoms with Crippen LogP contribution in [0.5, 0.6) is 0 Å². The zero-order valence-corrected chi connectivity index (χ0v) is 15.9. The average Bonchev–Trinajstić information content (AvgIpc) is 3.32. The maximum absolute atomic E-state index is 14.6. The molecule has 5 nitrogen and oxygen atoms in total. The Morgan fingerprint density at radius 1 is 1.04 bits per heavy atom. The molecule has 0 radical (unpaired) electrons. The molecule has 1 aliphatic carbocycles. The lowest BCUT2D eigenvalue weighted by Crippen LogP contribution is -2.33. The summed E-state index contributed by atoms with van der Waals surface area (Å²) in [7, 11) is -1.47. The number of aromatic amines is 1. The van der Waals surface area contributed by atoms with Crippen LogP contribution in [0.2, 0.25) is 0 Å². The Hall–Kier alpha value is -1.89. The molecule has 0 atom stereocenters. The summed E-state index contributed by atoms with van der Waals surface area (Å²) in [4.78, 5) is 11.2. The summed E-state index contributed by atoms with van der Waals surface area (Å²) in [6.45, 7) is 1.09. The molecule has 1 aromatic heterocycles. The van der Waals surface area contributed by atoms with Crippen LogP contribution in [0.25, 0.3) is 22.0 Å². The number of nitrogens with one attached hydrogen (secondary N) is 1. The number of halogens is 2.